The van der Waals surface area contributed by atoms with E-state index in [2.05, 4.69) is 0 Å². The summed E-state index contributed by atoms with van der Waals surface area (Å²) in [6.07, 6.45) is -0.382. The van der Waals surface area contributed by atoms with Crippen LogP contribution in [0.1, 0.15) is 20.3 Å². The second-order valence-corrected chi connectivity index (χ2v) is 3.63. The molecule has 7 heteroatoms. The fourth-order valence-electron chi connectivity index (χ4n) is 1.07. The van der Waals surface area contributed by atoms with E-state index in [-0.39, 0.29) is 25.5 Å². The predicted molar refractivity (Wildman–Crippen MR) is 75.5 cm³/mol. The van der Waals surface area contributed by atoms with Gasteiger partial charge in [-0.25, -0.2) is 0 Å². The van der Waals surface area contributed by atoms with E-state index < -0.39 is 6.10 Å². The highest BCUT2D eigenvalue weighted by Crippen LogP contribution is 1.87. The van der Waals surface area contributed by atoms with Gasteiger partial charge in [0, 0.05) is 13.5 Å². The third-order valence-electron chi connectivity index (χ3n) is 1.91. The van der Waals surface area contributed by atoms with E-state index in [1.807, 2.05) is 13.8 Å². The number of rotatable bonds is 13. The number of hydrogen-bond donors (Lipinski definition) is 2. The molecule has 1 amide bonds. The highest BCUT2D eigenvalue weighted by atomic mass is 16.5. The molecule has 1 unspecified atom stereocenters. The quantitative estimate of drug-likeness (QED) is 0.462. The van der Waals surface area contributed by atoms with Crippen molar-refractivity contribution in [3.63, 3.8) is 0 Å². The fourth-order valence-corrected chi connectivity index (χ4v) is 1.07. The number of nitrogens with two attached hydrogens (primary N) is 1. The fraction of sp³-hybridized carbons (Fsp3) is 0.923. The van der Waals surface area contributed by atoms with Crippen LogP contribution in [0.3, 0.4) is 0 Å². The Labute approximate surface area is 121 Å². The largest absolute Gasteiger partial charge is 0.388 e. The van der Waals surface area contributed by atoms with Crippen molar-refractivity contribution < 1.29 is 28.8 Å². The normalized spacial score (nSPS) is 11.6. The summed E-state index contributed by atoms with van der Waals surface area (Å²) in [4.78, 5) is 10.4. The summed E-state index contributed by atoms with van der Waals surface area (Å²) in [5.74, 6) is -0.376. The van der Waals surface area contributed by atoms with Gasteiger partial charge in [-0.3, -0.25) is 4.79 Å². The van der Waals surface area contributed by atoms with Gasteiger partial charge in [-0.05, 0) is 0 Å². The molecule has 0 spiro atoms. The lowest BCUT2D eigenvalue weighted by atomic mass is 10.4. The van der Waals surface area contributed by atoms with Gasteiger partial charge in [0.15, 0.2) is 0 Å². The number of carbonyl (C=O) groups excluding carboxylic acids is 1. The molecule has 0 fully saturated rings. The Balaban J connectivity index is 0. The van der Waals surface area contributed by atoms with Crippen LogP contribution < -0.4 is 5.73 Å². The summed E-state index contributed by atoms with van der Waals surface area (Å²) < 4.78 is 20.2. The number of ether oxygens (including phenoxy) is 4. The molecule has 0 aliphatic rings. The van der Waals surface area contributed by atoms with Crippen LogP contribution in [0.15, 0.2) is 0 Å². The predicted octanol–water partition coefficient (Wildman–Crippen LogP) is -0.0549. The maximum absolute atomic E-state index is 10.4. The molecule has 0 radical (unpaired) electrons. The van der Waals surface area contributed by atoms with E-state index in [1.165, 1.54) is 7.11 Å². The summed E-state index contributed by atoms with van der Waals surface area (Å²) in [7, 11) is 1.52. The van der Waals surface area contributed by atoms with Gasteiger partial charge in [0.1, 0.15) is 6.10 Å². The zero-order valence-corrected chi connectivity index (χ0v) is 12.8. The lowest BCUT2D eigenvalue weighted by Gasteiger charge is -2.10. The van der Waals surface area contributed by atoms with E-state index in [1.54, 1.807) is 0 Å². The monoisotopic (exact) mass is 295 g/mol. The zero-order chi connectivity index (χ0) is 15.6. The molecule has 3 N–H and O–H groups in total. The van der Waals surface area contributed by atoms with Gasteiger partial charge in [-0.15, -0.1) is 0 Å². The van der Waals surface area contributed by atoms with Crippen LogP contribution in [0.4, 0.5) is 0 Å². The van der Waals surface area contributed by atoms with Gasteiger partial charge in [-0.2, -0.15) is 0 Å². The lowest BCUT2D eigenvalue weighted by Crippen LogP contribution is -2.22. The number of amides is 1. The first kappa shape index (κ1) is 21.6. The number of aliphatic hydroxyl groups excluding tert-OH is 1. The number of aliphatic hydroxyl groups is 1. The van der Waals surface area contributed by atoms with Crippen LogP contribution in [0.2, 0.25) is 0 Å². The standard InChI is InChI=1S/C11H23NO6.C2H6/c1-15-8-10(13)9-18-7-6-17-5-4-16-3-2-11(12)14;1-2/h10,13H,2-9H2,1H3,(H2,12,14);1-2H3. The highest BCUT2D eigenvalue weighted by Gasteiger charge is 2.02. The zero-order valence-electron chi connectivity index (χ0n) is 12.8. The molecule has 0 heterocycles. The molecule has 0 saturated carbocycles. The minimum atomic E-state index is -0.605. The SMILES string of the molecule is CC.COCC(O)COCCOCCOCCC(N)=O. The third kappa shape index (κ3) is 19.6. The smallest absolute Gasteiger partial charge is 0.219 e. The van der Waals surface area contributed by atoms with Gasteiger partial charge >= 0.3 is 0 Å². The van der Waals surface area contributed by atoms with Crippen molar-refractivity contribution in [3.05, 3.63) is 0 Å². The van der Waals surface area contributed by atoms with Crippen LogP contribution in [0.25, 0.3) is 0 Å². The Bertz CT molecular complexity index is 203. The number of hydrogen-bond acceptors (Lipinski definition) is 6. The molecule has 0 aromatic carbocycles. The van der Waals surface area contributed by atoms with E-state index in [0.29, 0.717) is 33.0 Å². The first-order valence-corrected chi connectivity index (χ1v) is 6.85. The van der Waals surface area contributed by atoms with Gasteiger partial charge < -0.3 is 29.8 Å². The Morgan fingerprint density at radius 3 is 2.00 bits per heavy atom. The molecule has 7 nitrogen and oxygen atoms in total. The number of carbonyl (C=O) groups is 1. The van der Waals surface area contributed by atoms with Crippen molar-refractivity contribution >= 4 is 5.91 Å². The molecule has 0 aromatic rings. The van der Waals surface area contributed by atoms with E-state index in [0.717, 1.165) is 0 Å². The Kier molecular flexibility index (Phi) is 19.7. The molecule has 122 valence electrons. The maximum atomic E-state index is 10.4. The number of methoxy groups -OCH3 is 1. The van der Waals surface area contributed by atoms with Crippen LogP contribution in [-0.4, -0.2) is 70.5 Å². The van der Waals surface area contributed by atoms with Gasteiger partial charge in [-0.1, -0.05) is 13.8 Å². The maximum Gasteiger partial charge on any atom is 0.219 e. The Hall–Kier alpha value is -0.730. The van der Waals surface area contributed by atoms with Crippen molar-refractivity contribution in [1.82, 2.24) is 0 Å². The molecule has 1 atom stereocenters. The van der Waals surface area contributed by atoms with Crippen molar-refractivity contribution in [2.24, 2.45) is 5.73 Å². The summed E-state index contributed by atoms with van der Waals surface area (Å²) in [5, 5.41) is 9.25. The molecule has 0 bridgehead atoms. The summed E-state index contributed by atoms with van der Waals surface area (Å²) >= 11 is 0. The minimum Gasteiger partial charge on any atom is -0.388 e. The van der Waals surface area contributed by atoms with Crippen LogP contribution in [-0.2, 0) is 23.7 Å². The summed E-state index contributed by atoms with van der Waals surface area (Å²) in [6, 6.07) is 0. The molecule has 0 aliphatic heterocycles. The molecule has 0 aromatic heterocycles. The average molecular weight is 295 g/mol. The van der Waals surface area contributed by atoms with E-state index in [9.17, 15) is 9.90 Å². The molecule has 0 saturated heterocycles. The Morgan fingerprint density at radius 2 is 1.50 bits per heavy atom. The van der Waals surface area contributed by atoms with E-state index in [4.69, 9.17) is 24.7 Å². The van der Waals surface area contributed by atoms with Crippen LogP contribution >= 0.6 is 0 Å². The lowest BCUT2D eigenvalue weighted by molar-refractivity contribution is -0.119. The average Bonchev–Trinajstić information content (AvgIpc) is 2.43. The van der Waals surface area contributed by atoms with Gasteiger partial charge in [0.25, 0.3) is 0 Å². The van der Waals surface area contributed by atoms with Crippen molar-refractivity contribution in [2.45, 2.75) is 26.4 Å². The second-order valence-electron chi connectivity index (χ2n) is 3.63. The topological polar surface area (TPSA) is 100 Å². The van der Waals surface area contributed by atoms with Gasteiger partial charge in [0.2, 0.25) is 5.91 Å². The van der Waals surface area contributed by atoms with Crippen LogP contribution in [0.5, 0.6) is 0 Å². The molecular formula is C13H29NO6. The second kappa shape index (κ2) is 18.3. The number of primary amides is 1. The summed E-state index contributed by atoms with van der Waals surface area (Å²) in [5.41, 5.74) is 4.94. The minimum absolute atomic E-state index is 0.223. The molecule has 0 rings (SSSR count). The molecular weight excluding hydrogens is 266 g/mol. The third-order valence-corrected chi connectivity index (χ3v) is 1.91. The van der Waals surface area contributed by atoms with Crippen molar-refractivity contribution in [3.8, 4) is 0 Å². The van der Waals surface area contributed by atoms with Crippen LogP contribution in [0, 0.1) is 0 Å². The van der Waals surface area contributed by atoms with Crippen molar-refractivity contribution in [1.29, 1.82) is 0 Å². The summed E-state index contributed by atoms with van der Waals surface area (Å²) in [6.45, 7) is 6.49. The highest BCUT2D eigenvalue weighted by molar-refractivity contribution is 5.73. The molecule has 20 heavy (non-hydrogen) atoms. The first-order valence-electron chi connectivity index (χ1n) is 6.85. The van der Waals surface area contributed by atoms with E-state index >= 15 is 0 Å². The van der Waals surface area contributed by atoms with Gasteiger partial charge in [0.05, 0.1) is 46.2 Å². The first-order chi connectivity index (χ1) is 9.66. The molecule has 0 aliphatic carbocycles. The van der Waals surface area contributed by atoms with Crippen molar-refractivity contribution in [2.75, 3.05) is 53.4 Å². The Morgan fingerprint density at radius 1 is 1.00 bits per heavy atom.